The lowest BCUT2D eigenvalue weighted by Gasteiger charge is -2.39. The number of likely N-dealkylation sites (tertiary alicyclic amines) is 2. The molecule has 2 heterocycles. The molecule has 1 unspecified atom stereocenters. The van der Waals surface area contributed by atoms with Gasteiger partial charge in [-0.1, -0.05) is 0 Å². The molecule has 1 aromatic carbocycles. The number of carboxylic acids is 2. The summed E-state index contributed by atoms with van der Waals surface area (Å²) in [4.78, 5) is 22.8. The predicted octanol–water partition coefficient (Wildman–Crippen LogP) is 3.90. The van der Waals surface area contributed by atoms with Crippen molar-refractivity contribution >= 4 is 11.9 Å². The van der Waals surface area contributed by atoms with E-state index in [1.54, 1.807) is 14.2 Å². The summed E-state index contributed by atoms with van der Waals surface area (Å²) in [6.45, 7) is 5.34. The third-order valence-corrected chi connectivity index (χ3v) is 6.45. The highest BCUT2D eigenvalue weighted by molar-refractivity contribution is 5.73. The van der Waals surface area contributed by atoms with Gasteiger partial charge >= 0.3 is 24.3 Å². The molecule has 0 amide bonds. The zero-order valence-electron chi connectivity index (χ0n) is 22.1. The van der Waals surface area contributed by atoms with E-state index < -0.39 is 24.3 Å². The van der Waals surface area contributed by atoms with E-state index in [0.717, 1.165) is 37.7 Å². The summed E-state index contributed by atoms with van der Waals surface area (Å²) in [5.74, 6) is -3.79. The van der Waals surface area contributed by atoms with Gasteiger partial charge in [0, 0.05) is 32.3 Å². The molecule has 0 radical (unpaired) electrons. The number of piperidine rings is 1. The van der Waals surface area contributed by atoms with E-state index in [0.29, 0.717) is 11.5 Å². The van der Waals surface area contributed by atoms with Gasteiger partial charge in [0.1, 0.15) is 11.5 Å². The van der Waals surface area contributed by atoms with Crippen molar-refractivity contribution in [3.8, 4) is 11.5 Å². The van der Waals surface area contributed by atoms with Crippen LogP contribution in [0.5, 0.6) is 11.5 Å². The lowest BCUT2D eigenvalue weighted by atomic mass is 9.76. The number of likely N-dealkylation sites (N-methyl/N-ethyl adjacent to an activating group) is 1. The van der Waals surface area contributed by atoms with Crippen LogP contribution in [0.25, 0.3) is 0 Å². The van der Waals surface area contributed by atoms with E-state index in [4.69, 9.17) is 34.0 Å². The summed E-state index contributed by atoms with van der Waals surface area (Å²) in [5.41, 5.74) is 1.74. The molecule has 2 saturated heterocycles. The minimum absolute atomic E-state index is 0.487. The number of ether oxygens (including phenoxy) is 3. The molecule has 3 rings (SSSR count). The maximum Gasteiger partial charge on any atom is 0.490 e. The molecule has 0 aromatic heterocycles. The summed E-state index contributed by atoms with van der Waals surface area (Å²) in [7, 11) is 7.46. The van der Waals surface area contributed by atoms with Crippen LogP contribution in [-0.2, 0) is 20.9 Å². The molecule has 2 aliphatic heterocycles. The Morgan fingerprint density at radius 2 is 1.36 bits per heavy atom. The van der Waals surface area contributed by atoms with Crippen LogP contribution in [0.1, 0.15) is 24.8 Å². The van der Waals surface area contributed by atoms with Crippen LogP contribution in [-0.4, -0.2) is 105 Å². The van der Waals surface area contributed by atoms with Gasteiger partial charge in [-0.25, -0.2) is 9.59 Å². The summed E-state index contributed by atoms with van der Waals surface area (Å²) in [6.07, 6.45) is -6.34. The summed E-state index contributed by atoms with van der Waals surface area (Å²) >= 11 is 0. The smallest absolute Gasteiger partial charge is 0.490 e. The average Bonchev–Trinajstić information content (AvgIpc) is 3.14. The molecule has 0 saturated carbocycles. The van der Waals surface area contributed by atoms with Gasteiger partial charge in [-0.3, -0.25) is 4.90 Å². The van der Waals surface area contributed by atoms with Gasteiger partial charge in [0.25, 0.3) is 0 Å². The standard InChI is InChI=1S/C20H32N2O3.2C2HF3O2/c1-21-15-20(12-17(21)14-23-2)5-7-22(8-6-20)13-16-9-18(24-3)11-19(10-16)25-4;2*3-2(4,5)1(6)7/h9-11,17H,5-8,12-15H2,1-4H3;2*(H,6,7). The van der Waals surface area contributed by atoms with Gasteiger partial charge < -0.3 is 29.3 Å². The summed E-state index contributed by atoms with van der Waals surface area (Å²) in [5, 5.41) is 14.2. The lowest BCUT2D eigenvalue weighted by Crippen LogP contribution is -2.40. The quantitative estimate of drug-likeness (QED) is 0.488. The van der Waals surface area contributed by atoms with Gasteiger partial charge in [-0.15, -0.1) is 0 Å². The Labute approximate surface area is 222 Å². The normalized spacial score (nSPS) is 19.4. The number of aliphatic carboxylic acids is 2. The van der Waals surface area contributed by atoms with Crippen LogP contribution in [0.2, 0.25) is 0 Å². The summed E-state index contributed by atoms with van der Waals surface area (Å²) < 4.78 is 79.7. The van der Waals surface area contributed by atoms with Crippen molar-refractivity contribution in [1.29, 1.82) is 0 Å². The van der Waals surface area contributed by atoms with Crippen LogP contribution in [0.3, 0.4) is 0 Å². The minimum atomic E-state index is -5.08. The number of benzene rings is 1. The molecular weight excluding hydrogens is 542 g/mol. The first kappa shape index (κ1) is 34.2. The number of alkyl halides is 6. The fourth-order valence-corrected chi connectivity index (χ4v) is 4.52. The Morgan fingerprint density at radius 3 is 1.72 bits per heavy atom. The third kappa shape index (κ3) is 11.5. The second-order valence-corrected chi connectivity index (χ2v) is 9.33. The fraction of sp³-hybridized carbons (Fsp3) is 0.667. The van der Waals surface area contributed by atoms with Crippen molar-refractivity contribution in [2.45, 2.75) is 44.2 Å². The van der Waals surface area contributed by atoms with Crippen molar-refractivity contribution in [2.24, 2.45) is 5.41 Å². The molecule has 39 heavy (non-hydrogen) atoms. The number of carbonyl (C=O) groups is 2. The molecule has 1 spiro atoms. The van der Waals surface area contributed by atoms with E-state index in [9.17, 15) is 26.3 Å². The molecule has 15 heteroatoms. The predicted molar refractivity (Wildman–Crippen MR) is 127 cm³/mol. The Hall–Kier alpha value is -2.78. The van der Waals surface area contributed by atoms with Crippen molar-refractivity contribution in [3.05, 3.63) is 23.8 Å². The number of methoxy groups -OCH3 is 3. The monoisotopic (exact) mass is 576 g/mol. The number of carboxylic acid groups (broad SMARTS) is 2. The van der Waals surface area contributed by atoms with Gasteiger partial charge in [0.05, 0.1) is 20.8 Å². The topological polar surface area (TPSA) is 109 Å². The molecule has 224 valence electrons. The highest BCUT2D eigenvalue weighted by Gasteiger charge is 2.44. The SMILES string of the molecule is COCC1CC2(CCN(Cc3cc(OC)cc(OC)c3)CC2)CN1C.O=C(O)C(F)(F)F.O=C(O)C(F)(F)F. The Kier molecular flexibility index (Phi) is 12.8. The van der Waals surface area contributed by atoms with Crippen LogP contribution in [0, 0.1) is 5.41 Å². The van der Waals surface area contributed by atoms with Gasteiger partial charge in [-0.2, -0.15) is 26.3 Å². The third-order valence-electron chi connectivity index (χ3n) is 6.45. The van der Waals surface area contributed by atoms with Gasteiger partial charge in [0.2, 0.25) is 0 Å². The maximum atomic E-state index is 10.6. The Morgan fingerprint density at radius 1 is 0.923 bits per heavy atom. The summed E-state index contributed by atoms with van der Waals surface area (Å²) in [6, 6.07) is 6.74. The number of rotatable bonds is 6. The Balaban J connectivity index is 0.000000449. The van der Waals surface area contributed by atoms with Gasteiger partial charge in [-0.05, 0) is 62.5 Å². The first-order chi connectivity index (χ1) is 18.0. The molecule has 2 fully saturated rings. The molecule has 2 aliphatic rings. The number of hydrogen-bond acceptors (Lipinski definition) is 7. The number of hydrogen-bond donors (Lipinski definition) is 2. The zero-order valence-corrected chi connectivity index (χ0v) is 22.1. The maximum absolute atomic E-state index is 10.6. The van der Waals surface area contributed by atoms with Gasteiger partial charge in [0.15, 0.2) is 0 Å². The zero-order chi connectivity index (χ0) is 30.0. The molecule has 0 bridgehead atoms. The second kappa shape index (κ2) is 14.6. The molecule has 2 N–H and O–H groups in total. The van der Waals surface area contributed by atoms with Crippen LogP contribution in [0.15, 0.2) is 18.2 Å². The molecule has 1 atom stereocenters. The lowest BCUT2D eigenvalue weighted by molar-refractivity contribution is -0.193. The van der Waals surface area contributed by atoms with E-state index in [1.165, 1.54) is 31.4 Å². The van der Waals surface area contributed by atoms with Crippen molar-refractivity contribution in [2.75, 3.05) is 54.6 Å². The minimum Gasteiger partial charge on any atom is -0.497 e. The van der Waals surface area contributed by atoms with E-state index in [2.05, 4.69) is 29.0 Å². The fourth-order valence-electron chi connectivity index (χ4n) is 4.52. The highest BCUT2D eigenvalue weighted by Crippen LogP contribution is 2.43. The van der Waals surface area contributed by atoms with Crippen LogP contribution >= 0.6 is 0 Å². The molecular formula is C24H34F6N2O7. The van der Waals surface area contributed by atoms with E-state index in [1.807, 2.05) is 13.2 Å². The van der Waals surface area contributed by atoms with Crippen molar-refractivity contribution in [3.63, 3.8) is 0 Å². The van der Waals surface area contributed by atoms with Crippen molar-refractivity contribution < 1.29 is 60.4 Å². The highest BCUT2D eigenvalue weighted by atomic mass is 19.4. The van der Waals surface area contributed by atoms with E-state index in [-0.39, 0.29) is 0 Å². The molecule has 9 nitrogen and oxygen atoms in total. The number of halogens is 6. The first-order valence-corrected chi connectivity index (χ1v) is 11.7. The Bertz CT molecular complexity index is 888. The largest absolute Gasteiger partial charge is 0.497 e. The molecule has 0 aliphatic carbocycles. The number of nitrogens with zero attached hydrogens (tertiary/aromatic N) is 2. The van der Waals surface area contributed by atoms with Crippen molar-refractivity contribution in [1.82, 2.24) is 9.80 Å². The average molecular weight is 577 g/mol. The van der Waals surface area contributed by atoms with Crippen LogP contribution < -0.4 is 9.47 Å². The van der Waals surface area contributed by atoms with E-state index >= 15 is 0 Å². The first-order valence-electron chi connectivity index (χ1n) is 11.7. The molecule has 1 aromatic rings. The van der Waals surface area contributed by atoms with Crippen LogP contribution in [0.4, 0.5) is 26.3 Å². The second-order valence-electron chi connectivity index (χ2n) is 9.33.